The largest absolute Gasteiger partial charge is 0.471 e. The second-order valence-corrected chi connectivity index (χ2v) is 4.12. The Kier molecular flexibility index (Phi) is 5.23. The summed E-state index contributed by atoms with van der Waals surface area (Å²) >= 11 is 0. The molecule has 0 fully saturated rings. The van der Waals surface area contributed by atoms with Crippen molar-refractivity contribution in [3.63, 3.8) is 0 Å². The summed E-state index contributed by atoms with van der Waals surface area (Å²) in [6.07, 6.45) is -4.09. The summed E-state index contributed by atoms with van der Waals surface area (Å²) < 4.78 is 37.7. The second kappa shape index (κ2) is 6.71. The van der Waals surface area contributed by atoms with Crippen LogP contribution in [0.4, 0.5) is 18.9 Å². The second-order valence-electron chi connectivity index (χ2n) is 4.12. The predicted octanol–water partition coefficient (Wildman–Crippen LogP) is 2.74. The average molecular weight is 313 g/mol. The van der Waals surface area contributed by atoms with Crippen LogP contribution in [0.3, 0.4) is 0 Å². The highest BCUT2D eigenvalue weighted by atomic mass is 19.4. The zero-order valence-electron chi connectivity index (χ0n) is 11.1. The Balaban J connectivity index is 3.20. The van der Waals surface area contributed by atoms with Crippen LogP contribution in [0.15, 0.2) is 36.9 Å². The number of alkyl halides is 3. The van der Waals surface area contributed by atoms with Crippen molar-refractivity contribution in [1.29, 1.82) is 5.26 Å². The number of hydrogen-bond acceptors (Lipinski definition) is 4. The molecule has 6 nitrogen and oxygen atoms in total. The number of carbonyl (C=O) groups is 1. The van der Waals surface area contributed by atoms with Crippen LogP contribution in [0.25, 0.3) is 0 Å². The molecule has 1 aromatic rings. The Labute approximate surface area is 123 Å². The van der Waals surface area contributed by atoms with Crippen molar-refractivity contribution in [2.24, 2.45) is 0 Å². The molecule has 0 spiro atoms. The standard InChI is InChI=1S/C13H10F3N3O3/c1-2-7-18(12(20)13(14,15)16)11(8-17)9-3-5-10(6-4-9)19(21)22/h2-6,11H,1,7H2/t11-/m1/s1. The van der Waals surface area contributed by atoms with Gasteiger partial charge in [-0.2, -0.15) is 18.4 Å². The van der Waals surface area contributed by atoms with E-state index in [0.717, 1.165) is 30.3 Å². The lowest BCUT2D eigenvalue weighted by atomic mass is 10.1. The molecule has 0 radical (unpaired) electrons. The molecule has 0 saturated heterocycles. The third kappa shape index (κ3) is 3.82. The van der Waals surface area contributed by atoms with Crippen molar-refractivity contribution in [3.05, 3.63) is 52.6 Å². The average Bonchev–Trinajstić information content (AvgIpc) is 2.46. The first-order valence-corrected chi connectivity index (χ1v) is 5.85. The highest BCUT2D eigenvalue weighted by molar-refractivity contribution is 5.82. The Morgan fingerprint density at radius 3 is 2.36 bits per heavy atom. The number of nitriles is 1. The fourth-order valence-corrected chi connectivity index (χ4v) is 1.71. The number of carbonyl (C=O) groups excluding carboxylic acids is 1. The molecule has 0 N–H and O–H groups in total. The van der Waals surface area contributed by atoms with E-state index in [2.05, 4.69) is 6.58 Å². The molecule has 22 heavy (non-hydrogen) atoms. The van der Waals surface area contributed by atoms with E-state index < -0.39 is 29.6 Å². The minimum Gasteiger partial charge on any atom is -0.311 e. The van der Waals surface area contributed by atoms with Crippen molar-refractivity contribution in [3.8, 4) is 6.07 Å². The van der Waals surface area contributed by atoms with Gasteiger partial charge in [-0.15, -0.1) is 6.58 Å². The van der Waals surface area contributed by atoms with Gasteiger partial charge in [0.2, 0.25) is 0 Å². The van der Waals surface area contributed by atoms with Gasteiger partial charge < -0.3 is 4.90 Å². The Bertz CT molecular complexity index is 620. The SMILES string of the molecule is C=CCN(C(=O)C(F)(F)F)[C@H](C#N)c1ccc([N+](=O)[O-])cc1. The van der Waals surface area contributed by atoms with Gasteiger partial charge in [-0.05, 0) is 17.7 Å². The van der Waals surface area contributed by atoms with Gasteiger partial charge in [0.15, 0.2) is 0 Å². The third-order valence-corrected chi connectivity index (χ3v) is 2.68. The van der Waals surface area contributed by atoms with E-state index in [1.54, 1.807) is 6.07 Å². The van der Waals surface area contributed by atoms with Gasteiger partial charge in [0, 0.05) is 18.7 Å². The fourth-order valence-electron chi connectivity index (χ4n) is 1.71. The molecule has 0 saturated carbocycles. The van der Waals surface area contributed by atoms with Gasteiger partial charge in [-0.3, -0.25) is 14.9 Å². The zero-order chi connectivity index (χ0) is 16.9. The maximum atomic E-state index is 12.6. The molecule has 1 amide bonds. The summed E-state index contributed by atoms with van der Waals surface area (Å²) in [5, 5.41) is 19.6. The number of nitro groups is 1. The maximum absolute atomic E-state index is 12.6. The summed E-state index contributed by atoms with van der Waals surface area (Å²) in [7, 11) is 0. The van der Waals surface area contributed by atoms with Crippen LogP contribution in [0.2, 0.25) is 0 Å². The molecule has 116 valence electrons. The van der Waals surface area contributed by atoms with Gasteiger partial charge >= 0.3 is 12.1 Å². The molecule has 9 heteroatoms. The van der Waals surface area contributed by atoms with Gasteiger partial charge in [0.05, 0.1) is 11.0 Å². The number of halogens is 3. The van der Waals surface area contributed by atoms with E-state index in [1.165, 1.54) is 0 Å². The van der Waals surface area contributed by atoms with Crippen molar-refractivity contribution < 1.29 is 22.9 Å². The van der Waals surface area contributed by atoms with Crippen molar-refractivity contribution in [2.45, 2.75) is 12.2 Å². The molecule has 1 atom stereocenters. The first-order chi connectivity index (χ1) is 10.2. The maximum Gasteiger partial charge on any atom is 0.471 e. The minimum atomic E-state index is -5.14. The fraction of sp³-hybridized carbons (Fsp3) is 0.231. The number of hydrogen-bond donors (Lipinski definition) is 0. The normalized spacial score (nSPS) is 12.1. The minimum absolute atomic E-state index is 0.0348. The first kappa shape index (κ1) is 17.2. The lowest BCUT2D eigenvalue weighted by Gasteiger charge is -2.27. The molecule has 0 heterocycles. The van der Waals surface area contributed by atoms with Crippen LogP contribution in [0, 0.1) is 21.4 Å². The highest BCUT2D eigenvalue weighted by Crippen LogP contribution is 2.27. The number of amides is 1. The monoisotopic (exact) mass is 313 g/mol. The lowest BCUT2D eigenvalue weighted by molar-refractivity contribution is -0.384. The van der Waals surface area contributed by atoms with Gasteiger partial charge in [0.1, 0.15) is 6.04 Å². The first-order valence-electron chi connectivity index (χ1n) is 5.85. The molecule has 0 aliphatic carbocycles. The van der Waals surface area contributed by atoms with E-state index >= 15 is 0 Å². The summed E-state index contributed by atoms with van der Waals surface area (Å²) in [6, 6.07) is 4.41. The Hall–Kier alpha value is -2.89. The van der Waals surface area contributed by atoms with Crippen LogP contribution in [-0.4, -0.2) is 28.5 Å². The van der Waals surface area contributed by atoms with Crippen LogP contribution in [-0.2, 0) is 4.79 Å². The van der Waals surface area contributed by atoms with Crippen molar-refractivity contribution in [1.82, 2.24) is 4.90 Å². The van der Waals surface area contributed by atoms with Crippen molar-refractivity contribution in [2.75, 3.05) is 6.54 Å². The number of benzene rings is 1. The van der Waals surface area contributed by atoms with E-state index in [9.17, 15) is 28.1 Å². The molecular weight excluding hydrogens is 303 g/mol. The highest BCUT2D eigenvalue weighted by Gasteiger charge is 2.44. The summed E-state index contributed by atoms with van der Waals surface area (Å²) in [5.41, 5.74) is -0.245. The molecule has 1 aromatic carbocycles. The van der Waals surface area contributed by atoms with Crippen LogP contribution >= 0.6 is 0 Å². The molecular formula is C13H10F3N3O3. The molecule has 0 aliphatic heterocycles. The smallest absolute Gasteiger partial charge is 0.311 e. The molecule has 0 aliphatic rings. The van der Waals surface area contributed by atoms with Gasteiger partial charge in [-0.1, -0.05) is 6.08 Å². The van der Waals surface area contributed by atoms with Crippen molar-refractivity contribution >= 4 is 11.6 Å². The van der Waals surface area contributed by atoms with E-state index in [1.807, 2.05) is 0 Å². The van der Waals surface area contributed by atoms with E-state index in [4.69, 9.17) is 5.26 Å². The quantitative estimate of drug-likeness (QED) is 0.475. The topological polar surface area (TPSA) is 87.2 Å². The van der Waals surface area contributed by atoms with Gasteiger partial charge in [0.25, 0.3) is 5.69 Å². The van der Waals surface area contributed by atoms with E-state index in [-0.39, 0.29) is 11.3 Å². The van der Waals surface area contributed by atoms with Gasteiger partial charge in [-0.25, -0.2) is 0 Å². The number of rotatable bonds is 5. The molecule has 0 aromatic heterocycles. The molecule has 1 rings (SSSR count). The van der Waals surface area contributed by atoms with Crippen LogP contribution in [0.5, 0.6) is 0 Å². The Morgan fingerprint density at radius 2 is 2.00 bits per heavy atom. The summed E-state index contributed by atoms with van der Waals surface area (Å²) in [5.74, 6) is -2.18. The zero-order valence-corrected chi connectivity index (χ0v) is 11.1. The molecule has 0 bridgehead atoms. The lowest BCUT2D eigenvalue weighted by Crippen LogP contribution is -2.43. The predicted molar refractivity (Wildman–Crippen MR) is 69.4 cm³/mol. The van der Waals surface area contributed by atoms with E-state index in [0.29, 0.717) is 4.90 Å². The number of nitrogens with zero attached hydrogens (tertiary/aromatic N) is 3. The summed E-state index contributed by atoms with van der Waals surface area (Å²) in [6.45, 7) is 2.76. The Morgan fingerprint density at radius 1 is 1.45 bits per heavy atom. The van der Waals surface area contributed by atoms with Crippen LogP contribution in [0.1, 0.15) is 11.6 Å². The third-order valence-electron chi connectivity index (χ3n) is 2.68. The summed E-state index contributed by atoms with van der Waals surface area (Å²) in [4.78, 5) is 21.6. The molecule has 0 unspecified atom stereocenters. The number of non-ortho nitro benzene ring substituents is 1. The number of nitro benzene ring substituents is 1. The van der Waals surface area contributed by atoms with Crippen LogP contribution < -0.4 is 0 Å².